The zero-order valence-electron chi connectivity index (χ0n) is 15.9. The summed E-state index contributed by atoms with van der Waals surface area (Å²) in [6, 6.07) is 26.1. The van der Waals surface area contributed by atoms with Crippen molar-refractivity contribution in [3.63, 3.8) is 0 Å². The van der Waals surface area contributed by atoms with Crippen LogP contribution >= 0.6 is 0 Å². The maximum absolute atomic E-state index is 13.3. The van der Waals surface area contributed by atoms with E-state index in [1.807, 2.05) is 65.6 Å². The first-order valence-electron chi connectivity index (χ1n) is 9.74. The van der Waals surface area contributed by atoms with Crippen LogP contribution in [0.4, 0.5) is 0 Å². The van der Waals surface area contributed by atoms with Gasteiger partial charge in [-0.25, -0.2) is 4.98 Å². The first kappa shape index (κ1) is 17.4. The van der Waals surface area contributed by atoms with E-state index in [0.29, 0.717) is 31.1 Å². The summed E-state index contributed by atoms with van der Waals surface area (Å²) in [6.07, 6.45) is 1.77. The number of pyridine rings is 1. The van der Waals surface area contributed by atoms with Crippen LogP contribution in [-0.4, -0.2) is 28.9 Å². The molecule has 5 rings (SSSR count). The molecule has 4 nitrogen and oxygen atoms in total. The second-order valence-corrected chi connectivity index (χ2v) is 7.15. The van der Waals surface area contributed by atoms with Crippen LogP contribution in [-0.2, 0) is 6.54 Å². The zero-order chi connectivity index (χ0) is 19.6. The summed E-state index contributed by atoms with van der Waals surface area (Å²) in [4.78, 5) is 19.6. The standard InChI is InChI=1S/C25H20N2O2/c28-25(21-11-10-18-6-4-5-9-20(18)16-21)27-14-15-29-24-23(17-27)22(12-13-26-24)19-7-2-1-3-8-19/h1-13,16H,14-15,17H2. The van der Waals surface area contributed by atoms with Gasteiger partial charge in [0, 0.05) is 17.3 Å². The average molecular weight is 380 g/mol. The van der Waals surface area contributed by atoms with Crippen molar-refractivity contribution < 1.29 is 9.53 Å². The Hall–Kier alpha value is -3.66. The molecule has 142 valence electrons. The van der Waals surface area contributed by atoms with E-state index in [1.54, 1.807) is 6.20 Å². The first-order chi connectivity index (χ1) is 14.3. The van der Waals surface area contributed by atoms with Gasteiger partial charge < -0.3 is 9.64 Å². The number of hydrogen-bond acceptors (Lipinski definition) is 3. The lowest BCUT2D eigenvalue weighted by Gasteiger charge is -2.21. The highest BCUT2D eigenvalue weighted by atomic mass is 16.5. The Morgan fingerprint density at radius 1 is 0.897 bits per heavy atom. The van der Waals surface area contributed by atoms with Crippen molar-refractivity contribution in [3.8, 4) is 17.0 Å². The second kappa shape index (κ2) is 7.40. The number of fused-ring (bicyclic) bond motifs is 2. The highest BCUT2D eigenvalue weighted by Gasteiger charge is 2.24. The molecule has 1 aliphatic rings. The first-order valence-corrected chi connectivity index (χ1v) is 9.74. The molecular weight excluding hydrogens is 360 g/mol. The summed E-state index contributed by atoms with van der Waals surface area (Å²) >= 11 is 0. The van der Waals surface area contributed by atoms with Crippen molar-refractivity contribution in [2.45, 2.75) is 6.54 Å². The Kier molecular flexibility index (Phi) is 4.45. The van der Waals surface area contributed by atoms with Gasteiger partial charge in [0.1, 0.15) is 6.61 Å². The molecule has 0 aliphatic carbocycles. The van der Waals surface area contributed by atoms with E-state index in [-0.39, 0.29) is 5.91 Å². The molecule has 0 spiro atoms. The summed E-state index contributed by atoms with van der Waals surface area (Å²) in [6.45, 7) is 1.42. The average Bonchev–Trinajstić information content (AvgIpc) is 3.01. The Bertz CT molecular complexity index is 1190. The van der Waals surface area contributed by atoms with Crippen LogP contribution in [0, 0.1) is 0 Å². The normalized spacial score (nSPS) is 13.4. The summed E-state index contributed by atoms with van der Waals surface area (Å²) in [5, 5.41) is 2.20. The van der Waals surface area contributed by atoms with Gasteiger partial charge in [-0.1, -0.05) is 60.7 Å². The molecule has 0 fully saturated rings. The number of ether oxygens (including phenoxy) is 1. The van der Waals surface area contributed by atoms with Crippen molar-refractivity contribution in [2.75, 3.05) is 13.2 Å². The fourth-order valence-corrected chi connectivity index (χ4v) is 3.84. The fourth-order valence-electron chi connectivity index (χ4n) is 3.84. The topological polar surface area (TPSA) is 42.4 Å². The van der Waals surface area contributed by atoms with Crippen LogP contribution in [0.1, 0.15) is 15.9 Å². The number of hydrogen-bond donors (Lipinski definition) is 0. The van der Waals surface area contributed by atoms with E-state index >= 15 is 0 Å². The number of benzene rings is 3. The lowest BCUT2D eigenvalue weighted by molar-refractivity contribution is 0.0733. The lowest BCUT2D eigenvalue weighted by atomic mass is 10.0. The molecule has 0 radical (unpaired) electrons. The van der Waals surface area contributed by atoms with Crippen LogP contribution in [0.25, 0.3) is 21.9 Å². The van der Waals surface area contributed by atoms with Crippen LogP contribution in [0.2, 0.25) is 0 Å². The number of amides is 1. The van der Waals surface area contributed by atoms with Gasteiger partial charge in [0.25, 0.3) is 5.91 Å². The zero-order valence-corrected chi connectivity index (χ0v) is 15.9. The fraction of sp³-hybridized carbons (Fsp3) is 0.120. The van der Waals surface area contributed by atoms with Gasteiger partial charge in [0.15, 0.2) is 0 Å². The van der Waals surface area contributed by atoms with Crippen molar-refractivity contribution >= 4 is 16.7 Å². The van der Waals surface area contributed by atoms with Crippen LogP contribution in [0.15, 0.2) is 85.1 Å². The third-order valence-electron chi connectivity index (χ3n) is 5.33. The maximum Gasteiger partial charge on any atom is 0.254 e. The minimum Gasteiger partial charge on any atom is -0.476 e. The smallest absolute Gasteiger partial charge is 0.254 e. The molecule has 0 bridgehead atoms. The second-order valence-electron chi connectivity index (χ2n) is 7.15. The number of rotatable bonds is 2. The van der Waals surface area contributed by atoms with E-state index < -0.39 is 0 Å². The molecule has 1 aliphatic heterocycles. The van der Waals surface area contributed by atoms with Crippen LogP contribution < -0.4 is 4.74 Å². The van der Waals surface area contributed by atoms with E-state index in [2.05, 4.69) is 23.2 Å². The molecular formula is C25H20N2O2. The molecule has 4 aromatic rings. The van der Waals surface area contributed by atoms with Gasteiger partial charge in [0.2, 0.25) is 5.88 Å². The van der Waals surface area contributed by atoms with Crippen molar-refractivity contribution in [1.29, 1.82) is 0 Å². The third kappa shape index (κ3) is 3.34. The van der Waals surface area contributed by atoms with Crippen LogP contribution in [0.3, 0.4) is 0 Å². The molecule has 1 amide bonds. The Morgan fingerprint density at radius 2 is 1.69 bits per heavy atom. The highest BCUT2D eigenvalue weighted by molar-refractivity contribution is 5.98. The molecule has 1 aromatic heterocycles. The quantitative estimate of drug-likeness (QED) is 0.495. The Balaban J connectivity index is 1.51. The van der Waals surface area contributed by atoms with E-state index in [0.717, 1.165) is 27.5 Å². The van der Waals surface area contributed by atoms with E-state index in [4.69, 9.17) is 4.74 Å². The molecule has 29 heavy (non-hydrogen) atoms. The summed E-state index contributed by atoms with van der Waals surface area (Å²) in [5.41, 5.74) is 3.78. The molecule has 0 unspecified atom stereocenters. The highest BCUT2D eigenvalue weighted by Crippen LogP contribution is 2.32. The Morgan fingerprint density at radius 3 is 2.55 bits per heavy atom. The van der Waals surface area contributed by atoms with E-state index in [9.17, 15) is 4.79 Å². The minimum absolute atomic E-state index is 0.00932. The van der Waals surface area contributed by atoms with Crippen LogP contribution in [0.5, 0.6) is 5.88 Å². The van der Waals surface area contributed by atoms with Gasteiger partial charge in [-0.2, -0.15) is 0 Å². The van der Waals surface area contributed by atoms with Crippen molar-refractivity contribution in [2.24, 2.45) is 0 Å². The van der Waals surface area contributed by atoms with Gasteiger partial charge in [-0.05, 0) is 40.1 Å². The van der Waals surface area contributed by atoms with Gasteiger partial charge in [-0.3, -0.25) is 4.79 Å². The third-order valence-corrected chi connectivity index (χ3v) is 5.33. The molecule has 4 heteroatoms. The predicted octanol–water partition coefficient (Wildman–Crippen LogP) is 4.94. The van der Waals surface area contributed by atoms with Crippen molar-refractivity contribution in [3.05, 3.63) is 96.2 Å². The van der Waals surface area contributed by atoms with Gasteiger partial charge in [-0.15, -0.1) is 0 Å². The summed E-state index contributed by atoms with van der Waals surface area (Å²) in [5.74, 6) is 0.621. The maximum atomic E-state index is 13.3. The number of carbonyl (C=O) groups is 1. The molecule has 0 saturated carbocycles. The summed E-state index contributed by atoms with van der Waals surface area (Å²) < 4.78 is 5.89. The molecule has 2 heterocycles. The lowest BCUT2D eigenvalue weighted by Crippen LogP contribution is -2.32. The largest absolute Gasteiger partial charge is 0.476 e. The summed E-state index contributed by atoms with van der Waals surface area (Å²) in [7, 11) is 0. The number of nitrogens with zero attached hydrogens (tertiary/aromatic N) is 2. The Labute approximate surface area is 169 Å². The SMILES string of the molecule is O=C(c1ccc2ccccc2c1)N1CCOc2nccc(-c3ccccc3)c2C1. The van der Waals surface area contributed by atoms with Gasteiger partial charge >= 0.3 is 0 Å². The minimum atomic E-state index is 0.00932. The molecule has 3 aromatic carbocycles. The molecule has 0 saturated heterocycles. The number of carbonyl (C=O) groups excluding carboxylic acids is 1. The molecule has 0 N–H and O–H groups in total. The predicted molar refractivity (Wildman–Crippen MR) is 114 cm³/mol. The molecule has 0 atom stereocenters. The van der Waals surface area contributed by atoms with Gasteiger partial charge in [0.05, 0.1) is 13.1 Å². The number of aromatic nitrogens is 1. The monoisotopic (exact) mass is 380 g/mol. The van der Waals surface area contributed by atoms with Crippen molar-refractivity contribution in [1.82, 2.24) is 9.88 Å². The van der Waals surface area contributed by atoms with E-state index in [1.165, 1.54) is 0 Å².